The van der Waals surface area contributed by atoms with E-state index in [1.165, 1.54) is 0 Å². The highest BCUT2D eigenvalue weighted by Gasteiger charge is 2.27. The van der Waals surface area contributed by atoms with Gasteiger partial charge in [0.05, 0.1) is 5.60 Å². The lowest BCUT2D eigenvalue weighted by Gasteiger charge is -2.36. The van der Waals surface area contributed by atoms with E-state index in [-0.39, 0.29) is 0 Å². The second-order valence-electron chi connectivity index (χ2n) is 4.51. The fourth-order valence-electron chi connectivity index (χ4n) is 1.90. The Morgan fingerprint density at radius 1 is 1.44 bits per heavy atom. The lowest BCUT2D eigenvalue weighted by Crippen LogP contribution is -2.42. The van der Waals surface area contributed by atoms with E-state index < -0.39 is 5.60 Å². The number of hydrogen-bond acceptors (Lipinski definition) is 5. The van der Waals surface area contributed by atoms with Crippen molar-refractivity contribution in [1.82, 2.24) is 4.98 Å². The molecule has 0 saturated carbocycles. The minimum Gasteiger partial charge on any atom is -0.390 e. The SMILES string of the molecule is CC1(O)CCN(c2cccc(NN)n2)CC1. The van der Waals surface area contributed by atoms with E-state index in [1.54, 1.807) is 0 Å². The van der Waals surface area contributed by atoms with Crippen molar-refractivity contribution in [2.45, 2.75) is 25.4 Å². The molecule has 1 saturated heterocycles. The molecule has 88 valence electrons. The van der Waals surface area contributed by atoms with Gasteiger partial charge in [0.15, 0.2) is 0 Å². The van der Waals surface area contributed by atoms with Crippen LogP contribution in [0.4, 0.5) is 11.6 Å². The number of nitrogens with zero attached hydrogens (tertiary/aromatic N) is 2. The molecule has 2 heterocycles. The molecule has 2 rings (SSSR count). The molecule has 0 radical (unpaired) electrons. The minimum absolute atomic E-state index is 0.528. The summed E-state index contributed by atoms with van der Waals surface area (Å²) in [6.07, 6.45) is 1.55. The number of hydrogen-bond donors (Lipinski definition) is 3. The summed E-state index contributed by atoms with van der Waals surface area (Å²) in [5.74, 6) is 6.89. The zero-order valence-corrected chi connectivity index (χ0v) is 9.48. The normalized spacial score (nSPS) is 19.6. The predicted molar refractivity (Wildman–Crippen MR) is 64.1 cm³/mol. The number of nitrogen functional groups attached to an aromatic ring is 1. The maximum Gasteiger partial charge on any atom is 0.142 e. The van der Waals surface area contributed by atoms with Gasteiger partial charge in [-0.25, -0.2) is 10.8 Å². The zero-order valence-electron chi connectivity index (χ0n) is 9.48. The molecule has 0 bridgehead atoms. The van der Waals surface area contributed by atoms with E-state index in [9.17, 15) is 5.11 Å². The van der Waals surface area contributed by atoms with Gasteiger partial charge >= 0.3 is 0 Å². The molecule has 0 aliphatic carbocycles. The number of hydrazine groups is 1. The van der Waals surface area contributed by atoms with Crippen LogP contribution in [0.3, 0.4) is 0 Å². The number of anilines is 2. The summed E-state index contributed by atoms with van der Waals surface area (Å²) < 4.78 is 0. The van der Waals surface area contributed by atoms with E-state index in [4.69, 9.17) is 5.84 Å². The maximum absolute atomic E-state index is 9.86. The Labute approximate surface area is 95.2 Å². The second-order valence-corrected chi connectivity index (χ2v) is 4.51. The highest BCUT2D eigenvalue weighted by molar-refractivity contribution is 5.46. The molecule has 1 aromatic heterocycles. The Kier molecular flexibility index (Phi) is 2.98. The van der Waals surface area contributed by atoms with Crippen LogP contribution in [0.5, 0.6) is 0 Å². The van der Waals surface area contributed by atoms with Gasteiger partial charge in [0.2, 0.25) is 0 Å². The monoisotopic (exact) mass is 222 g/mol. The third kappa shape index (κ3) is 2.43. The van der Waals surface area contributed by atoms with Crippen LogP contribution >= 0.6 is 0 Å². The molecule has 0 aromatic carbocycles. The molecule has 4 N–H and O–H groups in total. The van der Waals surface area contributed by atoms with Crippen molar-refractivity contribution in [3.05, 3.63) is 18.2 Å². The lowest BCUT2D eigenvalue weighted by molar-refractivity contribution is 0.0350. The van der Waals surface area contributed by atoms with Crippen LogP contribution in [0, 0.1) is 0 Å². The Hall–Kier alpha value is -1.33. The van der Waals surface area contributed by atoms with Crippen LogP contribution in [-0.2, 0) is 0 Å². The number of pyridine rings is 1. The lowest BCUT2D eigenvalue weighted by atomic mass is 9.94. The first kappa shape index (κ1) is 11.2. The minimum atomic E-state index is -0.528. The molecule has 0 amide bonds. The molecule has 1 aliphatic heterocycles. The van der Waals surface area contributed by atoms with E-state index in [2.05, 4.69) is 15.3 Å². The van der Waals surface area contributed by atoms with Gasteiger partial charge in [-0.2, -0.15) is 0 Å². The van der Waals surface area contributed by atoms with Crippen molar-refractivity contribution in [2.24, 2.45) is 5.84 Å². The Balaban J connectivity index is 2.08. The Morgan fingerprint density at radius 2 is 2.12 bits per heavy atom. The van der Waals surface area contributed by atoms with E-state index in [1.807, 2.05) is 25.1 Å². The molecule has 1 aliphatic rings. The van der Waals surface area contributed by atoms with Crippen molar-refractivity contribution < 1.29 is 5.11 Å². The van der Waals surface area contributed by atoms with Crippen molar-refractivity contribution in [3.8, 4) is 0 Å². The summed E-state index contributed by atoms with van der Waals surface area (Å²) in [5.41, 5.74) is 2.01. The average Bonchev–Trinajstić information content (AvgIpc) is 2.29. The van der Waals surface area contributed by atoms with Gasteiger partial charge < -0.3 is 15.4 Å². The molecule has 0 spiro atoms. The van der Waals surface area contributed by atoms with Crippen molar-refractivity contribution in [2.75, 3.05) is 23.4 Å². The van der Waals surface area contributed by atoms with Gasteiger partial charge in [0, 0.05) is 13.1 Å². The maximum atomic E-state index is 9.86. The third-order valence-corrected chi connectivity index (χ3v) is 3.05. The number of aliphatic hydroxyl groups is 1. The Morgan fingerprint density at radius 3 is 2.75 bits per heavy atom. The van der Waals surface area contributed by atoms with Crippen LogP contribution in [0.2, 0.25) is 0 Å². The van der Waals surface area contributed by atoms with Crippen molar-refractivity contribution >= 4 is 11.6 Å². The number of nitrogens with one attached hydrogen (secondary N) is 1. The van der Waals surface area contributed by atoms with Crippen LogP contribution < -0.4 is 16.2 Å². The zero-order chi connectivity index (χ0) is 11.6. The standard InChI is InChI=1S/C11H18N4O/c1-11(16)5-7-15(8-6-11)10-4-2-3-9(13-10)14-12/h2-4,16H,5-8,12H2,1H3,(H,13,14). The molecule has 0 unspecified atom stereocenters. The molecule has 16 heavy (non-hydrogen) atoms. The van der Waals surface area contributed by atoms with Crippen molar-refractivity contribution in [3.63, 3.8) is 0 Å². The van der Waals surface area contributed by atoms with Crippen LogP contribution in [0.25, 0.3) is 0 Å². The van der Waals surface area contributed by atoms with Gasteiger partial charge in [-0.3, -0.25) is 0 Å². The first-order chi connectivity index (χ1) is 7.61. The predicted octanol–water partition coefficient (Wildman–Crippen LogP) is 0.718. The molecule has 0 atom stereocenters. The van der Waals surface area contributed by atoms with Gasteiger partial charge in [-0.05, 0) is 31.9 Å². The van der Waals surface area contributed by atoms with Crippen LogP contribution in [0.15, 0.2) is 18.2 Å². The van der Waals surface area contributed by atoms with Crippen LogP contribution in [-0.4, -0.2) is 28.8 Å². The van der Waals surface area contributed by atoms with Gasteiger partial charge in [0.1, 0.15) is 11.6 Å². The van der Waals surface area contributed by atoms with E-state index in [0.717, 1.165) is 31.7 Å². The topological polar surface area (TPSA) is 74.4 Å². The number of rotatable bonds is 2. The van der Waals surface area contributed by atoms with Gasteiger partial charge in [0.25, 0.3) is 0 Å². The molecular weight excluding hydrogens is 204 g/mol. The largest absolute Gasteiger partial charge is 0.390 e. The van der Waals surface area contributed by atoms with E-state index >= 15 is 0 Å². The summed E-state index contributed by atoms with van der Waals surface area (Å²) in [4.78, 5) is 6.54. The van der Waals surface area contributed by atoms with Crippen molar-refractivity contribution in [1.29, 1.82) is 0 Å². The molecular formula is C11H18N4O. The summed E-state index contributed by atoms with van der Waals surface area (Å²) in [6.45, 7) is 3.54. The highest BCUT2D eigenvalue weighted by atomic mass is 16.3. The van der Waals surface area contributed by atoms with E-state index in [0.29, 0.717) is 5.82 Å². The first-order valence-electron chi connectivity index (χ1n) is 5.52. The molecule has 1 fully saturated rings. The third-order valence-electron chi connectivity index (χ3n) is 3.05. The number of nitrogens with two attached hydrogens (primary N) is 1. The number of aromatic nitrogens is 1. The molecule has 5 heteroatoms. The summed E-state index contributed by atoms with van der Waals surface area (Å²) in [6, 6.07) is 5.70. The first-order valence-corrected chi connectivity index (χ1v) is 5.52. The number of piperidine rings is 1. The van der Waals surface area contributed by atoms with Crippen LogP contribution in [0.1, 0.15) is 19.8 Å². The average molecular weight is 222 g/mol. The summed E-state index contributed by atoms with van der Waals surface area (Å²) >= 11 is 0. The van der Waals surface area contributed by atoms with Gasteiger partial charge in [-0.1, -0.05) is 6.07 Å². The fourth-order valence-corrected chi connectivity index (χ4v) is 1.90. The summed E-state index contributed by atoms with van der Waals surface area (Å²) in [5, 5.41) is 9.86. The summed E-state index contributed by atoms with van der Waals surface area (Å²) in [7, 11) is 0. The molecule has 5 nitrogen and oxygen atoms in total. The smallest absolute Gasteiger partial charge is 0.142 e. The Bertz CT molecular complexity index is 357. The fraction of sp³-hybridized carbons (Fsp3) is 0.545. The second kappa shape index (κ2) is 4.27. The highest BCUT2D eigenvalue weighted by Crippen LogP contribution is 2.25. The quantitative estimate of drug-likeness (QED) is 0.508. The van der Waals surface area contributed by atoms with Gasteiger partial charge in [-0.15, -0.1) is 0 Å². The molecule has 1 aromatic rings.